The monoisotopic (exact) mass is 566 g/mol. The molecule has 4 aliphatic heterocycles. The van der Waals surface area contributed by atoms with Crippen LogP contribution in [0.3, 0.4) is 0 Å². The molecule has 4 heterocycles. The minimum Gasteiger partial charge on any atom is -0.623 e. The van der Waals surface area contributed by atoms with E-state index >= 15 is 0 Å². The molecule has 224 valence electrons. The first-order chi connectivity index (χ1) is 18.2. The van der Waals surface area contributed by atoms with Crippen molar-refractivity contribution in [2.75, 3.05) is 14.1 Å². The van der Waals surface area contributed by atoms with Gasteiger partial charge >= 0.3 is 0 Å². The zero-order valence-electron chi connectivity index (χ0n) is 23.1. The fourth-order valence-corrected chi connectivity index (χ4v) is 6.40. The molecule has 3 fully saturated rings. The molecule has 0 amide bonds. The lowest BCUT2D eigenvalue weighted by atomic mass is 9.76. The van der Waals surface area contributed by atoms with Gasteiger partial charge < -0.3 is 38.7 Å². The van der Waals surface area contributed by atoms with Crippen LogP contribution in [0.25, 0.3) is 0 Å². The van der Waals surface area contributed by atoms with Crippen molar-refractivity contribution in [2.24, 2.45) is 63.6 Å². The maximum absolute atomic E-state index is 13.7. The number of nitrogens with two attached hydrogens (primary N) is 8. The van der Waals surface area contributed by atoms with Crippen LogP contribution in [0.15, 0.2) is 46.8 Å². The molecule has 2 saturated heterocycles. The molecule has 4 unspecified atom stereocenters. The van der Waals surface area contributed by atoms with Crippen LogP contribution in [-0.2, 0) is 18.9 Å². The van der Waals surface area contributed by atoms with Gasteiger partial charge in [0.1, 0.15) is 12.4 Å². The van der Waals surface area contributed by atoms with Crippen molar-refractivity contribution in [3.63, 3.8) is 0 Å². The molecule has 0 radical (unpaired) electrons. The number of ether oxygens (including phenoxy) is 4. The summed E-state index contributed by atoms with van der Waals surface area (Å²) in [5, 5.41) is 27.4. The minimum atomic E-state index is -2.06. The van der Waals surface area contributed by atoms with E-state index in [1.807, 2.05) is 0 Å². The number of hydrogen-bond acceptors (Lipinski definition) is 14. The summed E-state index contributed by atoms with van der Waals surface area (Å²) < 4.78 is 21.2. The van der Waals surface area contributed by atoms with Crippen molar-refractivity contribution in [3.8, 4) is 0 Å². The van der Waals surface area contributed by atoms with Gasteiger partial charge in [-0.25, -0.2) is 0 Å². The molecule has 40 heavy (non-hydrogen) atoms. The van der Waals surface area contributed by atoms with E-state index in [0.29, 0.717) is 43.5 Å². The maximum atomic E-state index is 13.7. The van der Waals surface area contributed by atoms with Gasteiger partial charge in [-0.05, 0) is 31.6 Å². The van der Waals surface area contributed by atoms with E-state index < -0.39 is 32.7 Å². The Bertz CT molecular complexity index is 1130. The SMILES string of the molecule is CCC1CC(C2=C3OC(N)(N)C(N)(N)OC3=C[N+]2(C)[O-])CCCC(C2=C3OC(N)(N)C(N)(N)OC3=C[N+]2(C)[O-])C1. The smallest absolute Gasteiger partial charge is 0.282 e. The molecule has 16 heteroatoms. The van der Waals surface area contributed by atoms with E-state index in [-0.39, 0.29) is 40.8 Å². The van der Waals surface area contributed by atoms with Crippen LogP contribution in [0.2, 0.25) is 0 Å². The van der Waals surface area contributed by atoms with Gasteiger partial charge in [-0.2, -0.15) is 0 Å². The van der Waals surface area contributed by atoms with Gasteiger partial charge in [0.25, 0.3) is 23.4 Å². The van der Waals surface area contributed by atoms with Crippen LogP contribution in [0, 0.1) is 28.2 Å². The van der Waals surface area contributed by atoms with E-state index in [2.05, 4.69) is 6.92 Å². The van der Waals surface area contributed by atoms with Crippen LogP contribution in [0.1, 0.15) is 45.4 Å². The van der Waals surface area contributed by atoms with Crippen LogP contribution in [0.5, 0.6) is 0 Å². The second-order valence-electron chi connectivity index (χ2n) is 12.0. The van der Waals surface area contributed by atoms with Gasteiger partial charge in [0, 0.05) is 11.8 Å². The van der Waals surface area contributed by atoms with Crippen molar-refractivity contribution < 1.29 is 28.2 Å². The molecule has 0 aromatic heterocycles. The second-order valence-corrected chi connectivity index (χ2v) is 12.0. The van der Waals surface area contributed by atoms with Crippen LogP contribution in [-0.4, -0.2) is 46.8 Å². The third-order valence-corrected chi connectivity index (χ3v) is 8.61. The van der Waals surface area contributed by atoms with Gasteiger partial charge in [0.2, 0.25) is 23.0 Å². The van der Waals surface area contributed by atoms with Gasteiger partial charge in [-0.3, -0.25) is 45.9 Å². The quantitative estimate of drug-likeness (QED) is 0.111. The first kappa shape index (κ1) is 29.2. The number of nitrogens with zero attached hydrogens (tertiary/aromatic N) is 2. The molecule has 5 aliphatic rings. The molecule has 0 aromatic rings. The Labute approximate surface area is 232 Å². The second kappa shape index (κ2) is 8.84. The third-order valence-electron chi connectivity index (χ3n) is 8.61. The average Bonchev–Trinajstić information content (AvgIpc) is 3.14. The standard InChI is InChI=1S/C24H42N10O6/c1-4-12-8-13(17-19-15(10-33(17,2)35)37-21(25,26)23(29,30)39-19)6-5-7-14(9-12)18-20-16(11-34(18,3)36)38-22(27,28)24(31,32)40-20/h10-14H,4-9,25-32H2,1-3H3. The van der Waals surface area contributed by atoms with Crippen molar-refractivity contribution in [1.82, 2.24) is 0 Å². The number of allylic oxidation sites excluding steroid dienone is 2. The highest BCUT2D eigenvalue weighted by molar-refractivity contribution is 5.34. The summed E-state index contributed by atoms with van der Waals surface area (Å²) in [7, 11) is 2.96. The topological polar surface area (TPSA) is 291 Å². The number of hydroxylamine groups is 6. The lowest BCUT2D eigenvalue weighted by Crippen LogP contribution is -2.79. The van der Waals surface area contributed by atoms with E-state index in [4.69, 9.17) is 64.8 Å². The molecular formula is C24H42N10O6. The van der Waals surface area contributed by atoms with E-state index in [1.165, 1.54) is 26.5 Å². The van der Waals surface area contributed by atoms with Crippen molar-refractivity contribution in [1.29, 1.82) is 0 Å². The highest BCUT2D eigenvalue weighted by atomic mass is 16.7. The number of rotatable bonds is 3. The highest BCUT2D eigenvalue weighted by Gasteiger charge is 2.58. The molecule has 4 atom stereocenters. The van der Waals surface area contributed by atoms with Gasteiger partial charge in [-0.15, -0.1) is 0 Å². The Hall–Kier alpha value is -2.32. The molecule has 16 N–H and O–H groups in total. The molecule has 0 bridgehead atoms. The van der Waals surface area contributed by atoms with Gasteiger partial charge in [0.05, 0.1) is 14.1 Å². The largest absolute Gasteiger partial charge is 0.623 e. The molecule has 0 aromatic carbocycles. The molecular weight excluding hydrogens is 524 g/mol. The Morgan fingerprint density at radius 3 is 1.40 bits per heavy atom. The summed E-state index contributed by atoms with van der Waals surface area (Å²) in [5.41, 5.74) is 48.6. The Kier molecular flexibility index (Phi) is 6.45. The molecule has 1 saturated carbocycles. The predicted octanol–water partition coefficient (Wildman–Crippen LogP) is -1.39. The van der Waals surface area contributed by atoms with E-state index in [0.717, 1.165) is 6.42 Å². The molecule has 5 rings (SSSR count). The summed E-state index contributed by atoms with van der Waals surface area (Å²) in [6.45, 7) is 2.06. The lowest BCUT2D eigenvalue weighted by molar-refractivity contribution is -0.769. The normalized spacial score (nSPS) is 39.4. The van der Waals surface area contributed by atoms with Crippen molar-refractivity contribution in [2.45, 2.75) is 68.8 Å². The fourth-order valence-electron chi connectivity index (χ4n) is 6.40. The average molecular weight is 567 g/mol. The number of fused-ring (bicyclic) bond motifs is 2. The molecule has 16 nitrogen and oxygen atoms in total. The van der Waals surface area contributed by atoms with Gasteiger partial charge in [-0.1, -0.05) is 19.8 Å². The molecule has 0 spiro atoms. The fraction of sp³-hybridized carbons (Fsp3) is 0.667. The number of hydrogen-bond donors (Lipinski definition) is 8. The van der Waals surface area contributed by atoms with Crippen molar-refractivity contribution in [3.05, 3.63) is 57.2 Å². The maximum Gasteiger partial charge on any atom is 0.282 e. The third kappa shape index (κ3) is 4.50. The summed E-state index contributed by atoms with van der Waals surface area (Å²) in [6, 6.07) is 0. The summed E-state index contributed by atoms with van der Waals surface area (Å²) in [4.78, 5) is 0. The zero-order valence-corrected chi connectivity index (χ0v) is 23.1. The summed E-state index contributed by atoms with van der Waals surface area (Å²) in [6.07, 6.45) is 6.68. The Morgan fingerprint density at radius 1 is 0.700 bits per heavy atom. The first-order valence-corrected chi connectivity index (χ1v) is 13.4. The van der Waals surface area contributed by atoms with Crippen LogP contribution >= 0.6 is 0 Å². The van der Waals surface area contributed by atoms with E-state index in [1.54, 1.807) is 0 Å². The first-order valence-electron chi connectivity index (χ1n) is 13.4. The number of quaternary nitrogens is 2. The summed E-state index contributed by atoms with van der Waals surface area (Å²) >= 11 is 0. The van der Waals surface area contributed by atoms with Crippen LogP contribution in [0.4, 0.5) is 0 Å². The Balaban J connectivity index is 1.44. The van der Waals surface area contributed by atoms with Crippen LogP contribution < -0.4 is 45.9 Å². The minimum absolute atomic E-state index is 0.116. The predicted molar refractivity (Wildman–Crippen MR) is 142 cm³/mol. The van der Waals surface area contributed by atoms with Crippen molar-refractivity contribution >= 4 is 0 Å². The highest BCUT2D eigenvalue weighted by Crippen LogP contribution is 2.50. The zero-order chi connectivity index (χ0) is 29.7. The van der Waals surface area contributed by atoms with E-state index in [9.17, 15) is 10.4 Å². The Morgan fingerprint density at radius 2 is 1.05 bits per heavy atom. The van der Waals surface area contributed by atoms with Gasteiger partial charge in [0.15, 0.2) is 11.4 Å². The molecule has 1 aliphatic carbocycles. The lowest BCUT2D eigenvalue weighted by Gasteiger charge is -2.44. The summed E-state index contributed by atoms with van der Waals surface area (Å²) in [5.74, 6) is -7.87.